The fraction of sp³-hybridized carbons (Fsp3) is 0.125. The zero-order valence-electron chi connectivity index (χ0n) is 12.0. The number of hydrogen-bond acceptors (Lipinski definition) is 4. The highest BCUT2D eigenvalue weighted by molar-refractivity contribution is 5.99. The number of fused-ring (bicyclic) bond motifs is 1. The van der Waals surface area contributed by atoms with Crippen molar-refractivity contribution < 1.29 is 23.5 Å². The summed E-state index contributed by atoms with van der Waals surface area (Å²) in [6.07, 6.45) is 0. The maximum absolute atomic E-state index is 12.8. The first kappa shape index (κ1) is 14.8. The summed E-state index contributed by atoms with van der Waals surface area (Å²) in [6, 6.07) is 10.1. The van der Waals surface area contributed by atoms with Crippen molar-refractivity contribution in [3.63, 3.8) is 0 Å². The van der Waals surface area contributed by atoms with Crippen molar-refractivity contribution in [3.8, 4) is 11.5 Å². The number of anilines is 1. The van der Waals surface area contributed by atoms with Crippen LogP contribution in [0.1, 0.15) is 10.4 Å². The average Bonchev–Trinajstić information content (AvgIpc) is 3.01. The van der Waals surface area contributed by atoms with E-state index in [0.29, 0.717) is 17.2 Å². The van der Waals surface area contributed by atoms with Crippen molar-refractivity contribution in [2.45, 2.75) is 0 Å². The number of carbonyl (C=O) groups is 2. The molecule has 0 aliphatic carbocycles. The van der Waals surface area contributed by atoms with Crippen LogP contribution in [-0.2, 0) is 4.79 Å². The first-order chi connectivity index (χ1) is 11.1. The molecule has 2 aromatic carbocycles. The van der Waals surface area contributed by atoms with E-state index >= 15 is 0 Å². The van der Waals surface area contributed by atoms with Crippen LogP contribution >= 0.6 is 0 Å². The molecule has 1 heterocycles. The summed E-state index contributed by atoms with van der Waals surface area (Å²) in [5.41, 5.74) is 0.817. The Hall–Kier alpha value is -3.09. The molecule has 0 aromatic heterocycles. The van der Waals surface area contributed by atoms with Crippen LogP contribution < -0.4 is 20.1 Å². The molecule has 2 N–H and O–H groups in total. The molecule has 23 heavy (non-hydrogen) atoms. The number of ether oxygens (including phenoxy) is 2. The number of benzene rings is 2. The Morgan fingerprint density at radius 2 is 1.78 bits per heavy atom. The van der Waals surface area contributed by atoms with E-state index in [1.165, 1.54) is 24.3 Å². The van der Waals surface area contributed by atoms with E-state index in [2.05, 4.69) is 10.6 Å². The smallest absolute Gasteiger partial charge is 0.251 e. The Bertz CT molecular complexity index is 746. The van der Waals surface area contributed by atoms with Gasteiger partial charge in [-0.05, 0) is 36.4 Å². The molecule has 0 radical (unpaired) electrons. The average molecular weight is 316 g/mol. The van der Waals surface area contributed by atoms with Crippen LogP contribution in [0.25, 0.3) is 0 Å². The van der Waals surface area contributed by atoms with Crippen molar-refractivity contribution in [2.75, 3.05) is 18.7 Å². The van der Waals surface area contributed by atoms with Gasteiger partial charge >= 0.3 is 0 Å². The van der Waals surface area contributed by atoms with Crippen LogP contribution in [0.4, 0.5) is 10.1 Å². The van der Waals surface area contributed by atoms with Crippen molar-refractivity contribution in [3.05, 3.63) is 53.8 Å². The van der Waals surface area contributed by atoms with Gasteiger partial charge in [-0.1, -0.05) is 0 Å². The van der Waals surface area contributed by atoms with E-state index in [1.54, 1.807) is 18.2 Å². The van der Waals surface area contributed by atoms with E-state index in [1.807, 2.05) is 0 Å². The molecule has 1 aliphatic rings. The number of halogens is 1. The van der Waals surface area contributed by atoms with E-state index in [4.69, 9.17) is 9.47 Å². The summed E-state index contributed by atoms with van der Waals surface area (Å²) in [4.78, 5) is 23.7. The highest BCUT2D eigenvalue weighted by atomic mass is 19.1. The van der Waals surface area contributed by atoms with Gasteiger partial charge in [0.05, 0.1) is 6.54 Å². The van der Waals surface area contributed by atoms with Crippen molar-refractivity contribution in [1.29, 1.82) is 0 Å². The number of hydrogen-bond donors (Lipinski definition) is 2. The van der Waals surface area contributed by atoms with Crippen LogP contribution in [0.15, 0.2) is 42.5 Å². The molecule has 0 atom stereocenters. The third-order valence-electron chi connectivity index (χ3n) is 3.17. The minimum atomic E-state index is -0.453. The Kier molecular flexibility index (Phi) is 4.09. The lowest BCUT2D eigenvalue weighted by molar-refractivity contribution is -0.115. The zero-order chi connectivity index (χ0) is 16.2. The third-order valence-corrected chi connectivity index (χ3v) is 3.17. The van der Waals surface area contributed by atoms with E-state index in [0.717, 1.165) is 0 Å². The van der Waals surface area contributed by atoms with Crippen LogP contribution in [0.2, 0.25) is 0 Å². The maximum Gasteiger partial charge on any atom is 0.251 e. The molecule has 7 heteroatoms. The van der Waals surface area contributed by atoms with Gasteiger partial charge in [-0.25, -0.2) is 4.39 Å². The lowest BCUT2D eigenvalue weighted by Crippen LogP contribution is -2.32. The summed E-state index contributed by atoms with van der Waals surface area (Å²) >= 11 is 0. The van der Waals surface area contributed by atoms with Gasteiger partial charge in [0.2, 0.25) is 12.7 Å². The second kappa shape index (κ2) is 6.35. The van der Waals surface area contributed by atoms with E-state index in [9.17, 15) is 14.0 Å². The van der Waals surface area contributed by atoms with Crippen LogP contribution in [-0.4, -0.2) is 25.2 Å². The molecule has 0 spiro atoms. The second-order valence-corrected chi connectivity index (χ2v) is 4.81. The number of carbonyl (C=O) groups excluding carboxylic acids is 2. The molecular formula is C16H13FN2O4. The van der Waals surface area contributed by atoms with Crippen LogP contribution in [0.5, 0.6) is 11.5 Å². The number of nitrogens with one attached hydrogen (secondary N) is 2. The summed E-state index contributed by atoms with van der Waals surface area (Å²) < 4.78 is 23.2. The van der Waals surface area contributed by atoms with Gasteiger partial charge in [-0.2, -0.15) is 0 Å². The molecule has 118 valence electrons. The molecule has 0 saturated carbocycles. The molecule has 6 nitrogen and oxygen atoms in total. The topological polar surface area (TPSA) is 76.7 Å². The van der Waals surface area contributed by atoms with Crippen LogP contribution in [0, 0.1) is 5.82 Å². The highest BCUT2D eigenvalue weighted by Crippen LogP contribution is 2.34. The zero-order valence-corrected chi connectivity index (χ0v) is 12.0. The lowest BCUT2D eigenvalue weighted by atomic mass is 10.2. The Morgan fingerprint density at radius 3 is 2.57 bits per heavy atom. The molecule has 0 bridgehead atoms. The summed E-state index contributed by atoms with van der Waals surface area (Å²) in [6.45, 7) is -0.0505. The maximum atomic E-state index is 12.8. The van der Waals surface area contributed by atoms with E-state index in [-0.39, 0.29) is 24.8 Å². The molecule has 3 rings (SSSR count). The van der Waals surface area contributed by atoms with Crippen molar-refractivity contribution in [1.82, 2.24) is 5.32 Å². The van der Waals surface area contributed by atoms with Crippen molar-refractivity contribution >= 4 is 17.5 Å². The first-order valence-corrected chi connectivity index (χ1v) is 6.85. The molecule has 0 unspecified atom stereocenters. The van der Waals surface area contributed by atoms with Gasteiger partial charge in [0.15, 0.2) is 11.5 Å². The first-order valence-electron chi connectivity index (χ1n) is 6.85. The Labute approximate surface area is 131 Å². The quantitative estimate of drug-likeness (QED) is 0.903. The van der Waals surface area contributed by atoms with Gasteiger partial charge in [0.25, 0.3) is 5.91 Å². The minimum Gasteiger partial charge on any atom is -0.454 e. The fourth-order valence-electron chi connectivity index (χ4n) is 2.04. The molecule has 2 amide bonds. The summed E-state index contributed by atoms with van der Waals surface area (Å²) in [5, 5.41) is 5.10. The predicted octanol–water partition coefficient (Wildman–Crippen LogP) is 1.92. The van der Waals surface area contributed by atoms with Crippen molar-refractivity contribution in [2.24, 2.45) is 0 Å². The lowest BCUT2D eigenvalue weighted by Gasteiger charge is -2.07. The third kappa shape index (κ3) is 3.57. The summed E-state index contributed by atoms with van der Waals surface area (Å²) in [7, 11) is 0. The summed E-state index contributed by atoms with van der Waals surface area (Å²) in [5.74, 6) is -0.0991. The highest BCUT2D eigenvalue weighted by Gasteiger charge is 2.14. The SMILES string of the molecule is O=C(CNC(=O)c1ccc(F)cc1)Nc1ccc2c(c1)OCO2. The van der Waals surface area contributed by atoms with Gasteiger partial charge < -0.3 is 20.1 Å². The monoisotopic (exact) mass is 316 g/mol. The standard InChI is InChI=1S/C16H13FN2O4/c17-11-3-1-10(2-4-11)16(21)18-8-15(20)19-12-5-6-13-14(7-12)23-9-22-13/h1-7H,8-9H2,(H,18,21)(H,19,20). The van der Waals surface area contributed by atoms with Gasteiger partial charge in [-0.3, -0.25) is 9.59 Å². The molecule has 1 aliphatic heterocycles. The molecule has 2 aromatic rings. The van der Waals surface area contributed by atoms with E-state index < -0.39 is 11.7 Å². The predicted molar refractivity (Wildman–Crippen MR) is 79.9 cm³/mol. The normalized spacial score (nSPS) is 11.9. The fourth-order valence-corrected chi connectivity index (χ4v) is 2.04. The number of rotatable bonds is 4. The van der Waals surface area contributed by atoms with Crippen LogP contribution in [0.3, 0.4) is 0 Å². The van der Waals surface area contributed by atoms with Gasteiger partial charge in [0, 0.05) is 17.3 Å². The van der Waals surface area contributed by atoms with Gasteiger partial charge in [0.1, 0.15) is 5.82 Å². The molecule has 0 saturated heterocycles. The van der Waals surface area contributed by atoms with Gasteiger partial charge in [-0.15, -0.1) is 0 Å². The Balaban J connectivity index is 1.53. The number of amides is 2. The Morgan fingerprint density at radius 1 is 1.04 bits per heavy atom. The second-order valence-electron chi connectivity index (χ2n) is 4.81. The largest absolute Gasteiger partial charge is 0.454 e. The minimum absolute atomic E-state index is 0.153. The molecule has 0 fully saturated rings. The molecular weight excluding hydrogens is 303 g/mol.